The van der Waals surface area contributed by atoms with Crippen molar-refractivity contribution in [3.05, 3.63) is 48.0 Å². The molecular weight excluding hydrogens is 224 g/mol. The molecule has 3 aromatic rings. The predicted octanol–water partition coefficient (Wildman–Crippen LogP) is 2.44. The molecule has 0 amide bonds. The van der Waals surface area contributed by atoms with Crippen molar-refractivity contribution in [1.29, 1.82) is 0 Å². The third kappa shape index (κ3) is 1.53. The maximum atomic E-state index is 5.93. The maximum absolute atomic E-state index is 5.93. The van der Waals surface area contributed by atoms with Gasteiger partial charge in [-0.2, -0.15) is 0 Å². The number of aromatic nitrogens is 4. The lowest BCUT2D eigenvalue weighted by Crippen LogP contribution is -1.89. The van der Waals surface area contributed by atoms with Gasteiger partial charge in [0.1, 0.15) is 6.33 Å². The largest absolute Gasteiger partial charge is 0.286 e. The molecule has 1 aromatic carbocycles. The van der Waals surface area contributed by atoms with Crippen LogP contribution in [0.4, 0.5) is 0 Å². The number of fused-ring (bicyclic) bond motifs is 1. The summed E-state index contributed by atoms with van der Waals surface area (Å²) in [4.78, 5) is 4.31. The first kappa shape index (κ1) is 9.30. The molecule has 16 heavy (non-hydrogen) atoms. The number of rotatable bonds is 1. The van der Waals surface area contributed by atoms with E-state index < -0.39 is 0 Å². The molecule has 0 aliphatic heterocycles. The van der Waals surface area contributed by atoms with Crippen molar-refractivity contribution in [2.75, 3.05) is 0 Å². The van der Waals surface area contributed by atoms with Gasteiger partial charge in [0.05, 0.1) is 11.9 Å². The molecule has 2 heterocycles. The number of benzene rings is 1. The molecule has 0 spiro atoms. The Morgan fingerprint density at radius 3 is 3.06 bits per heavy atom. The highest BCUT2D eigenvalue weighted by Gasteiger charge is 2.02. The molecule has 0 saturated heterocycles. The van der Waals surface area contributed by atoms with Crippen molar-refractivity contribution in [1.82, 2.24) is 19.6 Å². The van der Waals surface area contributed by atoms with Crippen LogP contribution in [0, 0.1) is 0 Å². The van der Waals surface area contributed by atoms with Crippen molar-refractivity contribution in [2.45, 2.75) is 0 Å². The Labute approximate surface area is 96.5 Å². The van der Waals surface area contributed by atoms with Crippen LogP contribution >= 0.6 is 11.6 Å². The van der Waals surface area contributed by atoms with Crippen LogP contribution in [0.15, 0.2) is 43.0 Å². The summed E-state index contributed by atoms with van der Waals surface area (Å²) >= 11 is 5.93. The zero-order chi connectivity index (χ0) is 11.0. The quantitative estimate of drug-likeness (QED) is 0.645. The average molecular weight is 231 g/mol. The lowest BCUT2D eigenvalue weighted by atomic mass is 10.2. The van der Waals surface area contributed by atoms with Crippen LogP contribution in [0.5, 0.6) is 0 Å². The number of halogens is 1. The Balaban J connectivity index is 2.18. The molecular formula is C11H7ClN4. The van der Waals surface area contributed by atoms with Crippen LogP contribution in [-0.2, 0) is 0 Å². The van der Waals surface area contributed by atoms with Crippen LogP contribution in [0.2, 0.25) is 5.02 Å². The second-order valence-corrected chi connectivity index (χ2v) is 3.82. The Hall–Kier alpha value is -1.94. The van der Waals surface area contributed by atoms with Crippen LogP contribution in [-0.4, -0.2) is 19.6 Å². The molecule has 0 N–H and O–H groups in total. The fourth-order valence-electron chi connectivity index (χ4n) is 1.53. The van der Waals surface area contributed by atoms with Gasteiger partial charge in [-0.25, -0.2) is 0 Å². The van der Waals surface area contributed by atoms with E-state index in [0.717, 1.165) is 16.9 Å². The Morgan fingerprint density at radius 1 is 1.25 bits per heavy atom. The summed E-state index contributed by atoms with van der Waals surface area (Å²) < 4.78 is 1.82. The van der Waals surface area contributed by atoms with E-state index in [1.54, 1.807) is 12.5 Å². The summed E-state index contributed by atoms with van der Waals surface area (Å²) in [6, 6.07) is 7.57. The zero-order valence-corrected chi connectivity index (χ0v) is 8.96. The highest BCUT2D eigenvalue weighted by atomic mass is 35.5. The summed E-state index contributed by atoms with van der Waals surface area (Å²) in [5.74, 6) is 0. The molecule has 4 nitrogen and oxygen atoms in total. The van der Waals surface area contributed by atoms with E-state index in [0.29, 0.717) is 5.02 Å². The molecule has 0 fully saturated rings. The lowest BCUT2D eigenvalue weighted by molar-refractivity contribution is 1.10. The zero-order valence-electron chi connectivity index (χ0n) is 8.21. The van der Waals surface area contributed by atoms with Gasteiger partial charge in [0.15, 0.2) is 5.65 Å². The van der Waals surface area contributed by atoms with Gasteiger partial charge in [0, 0.05) is 16.8 Å². The number of hydrogen-bond donors (Lipinski definition) is 0. The highest BCUT2D eigenvalue weighted by Crippen LogP contribution is 2.20. The highest BCUT2D eigenvalue weighted by molar-refractivity contribution is 6.30. The Bertz CT molecular complexity index is 647. The first-order valence-corrected chi connectivity index (χ1v) is 5.12. The van der Waals surface area contributed by atoms with Gasteiger partial charge >= 0.3 is 0 Å². The second kappa shape index (κ2) is 3.57. The second-order valence-electron chi connectivity index (χ2n) is 3.38. The van der Waals surface area contributed by atoms with Crippen LogP contribution in [0.25, 0.3) is 16.9 Å². The minimum Gasteiger partial charge on any atom is -0.286 e. The fourth-order valence-corrected chi connectivity index (χ4v) is 1.72. The van der Waals surface area contributed by atoms with E-state index in [4.69, 9.17) is 11.6 Å². The lowest BCUT2D eigenvalue weighted by Gasteiger charge is -2.01. The van der Waals surface area contributed by atoms with E-state index in [1.165, 1.54) is 0 Å². The molecule has 78 valence electrons. The normalized spacial score (nSPS) is 10.8. The standard InChI is InChI=1S/C11H7ClN4/c12-9-3-1-2-8(4-9)10-6-16-7-14-15-11(16)5-13-10/h1-7H. The van der Waals surface area contributed by atoms with E-state index in [-0.39, 0.29) is 0 Å². The van der Waals surface area contributed by atoms with Crippen molar-refractivity contribution < 1.29 is 0 Å². The molecule has 0 saturated carbocycles. The Morgan fingerprint density at radius 2 is 2.19 bits per heavy atom. The molecule has 2 aromatic heterocycles. The monoisotopic (exact) mass is 230 g/mol. The van der Waals surface area contributed by atoms with Crippen molar-refractivity contribution in [3.8, 4) is 11.3 Å². The topological polar surface area (TPSA) is 43.1 Å². The first-order valence-electron chi connectivity index (χ1n) is 4.74. The summed E-state index contributed by atoms with van der Waals surface area (Å²) in [7, 11) is 0. The van der Waals surface area contributed by atoms with Gasteiger partial charge in [-0.1, -0.05) is 23.7 Å². The van der Waals surface area contributed by atoms with E-state index >= 15 is 0 Å². The predicted molar refractivity (Wildman–Crippen MR) is 61.2 cm³/mol. The summed E-state index contributed by atoms with van der Waals surface area (Å²) in [5.41, 5.74) is 2.55. The maximum Gasteiger partial charge on any atom is 0.179 e. The molecule has 0 atom stereocenters. The molecule has 0 unspecified atom stereocenters. The minimum absolute atomic E-state index is 0.697. The first-order chi connectivity index (χ1) is 7.83. The van der Waals surface area contributed by atoms with E-state index in [1.807, 2.05) is 34.9 Å². The smallest absolute Gasteiger partial charge is 0.179 e. The van der Waals surface area contributed by atoms with Gasteiger partial charge in [0.2, 0.25) is 0 Å². The van der Waals surface area contributed by atoms with Gasteiger partial charge in [0.25, 0.3) is 0 Å². The fraction of sp³-hybridized carbons (Fsp3) is 0. The molecule has 0 radical (unpaired) electrons. The van der Waals surface area contributed by atoms with Crippen molar-refractivity contribution in [2.24, 2.45) is 0 Å². The summed E-state index contributed by atoms with van der Waals surface area (Å²) in [5, 5.41) is 8.39. The van der Waals surface area contributed by atoms with E-state index in [9.17, 15) is 0 Å². The number of nitrogens with zero attached hydrogens (tertiary/aromatic N) is 4. The van der Waals surface area contributed by atoms with Crippen molar-refractivity contribution in [3.63, 3.8) is 0 Å². The third-order valence-corrected chi connectivity index (χ3v) is 2.54. The molecule has 5 heteroatoms. The average Bonchev–Trinajstić information content (AvgIpc) is 2.75. The van der Waals surface area contributed by atoms with Gasteiger partial charge in [-0.15, -0.1) is 10.2 Å². The number of hydrogen-bond acceptors (Lipinski definition) is 3. The third-order valence-electron chi connectivity index (χ3n) is 2.30. The van der Waals surface area contributed by atoms with Crippen LogP contribution in [0.1, 0.15) is 0 Å². The van der Waals surface area contributed by atoms with E-state index in [2.05, 4.69) is 15.2 Å². The van der Waals surface area contributed by atoms with Crippen LogP contribution < -0.4 is 0 Å². The summed E-state index contributed by atoms with van der Waals surface area (Å²) in [6.45, 7) is 0. The summed E-state index contributed by atoms with van der Waals surface area (Å²) in [6.07, 6.45) is 5.20. The van der Waals surface area contributed by atoms with Gasteiger partial charge < -0.3 is 0 Å². The molecule has 0 aliphatic rings. The SMILES string of the molecule is Clc1cccc(-c2cn3cnnc3cn2)c1. The Kier molecular flexibility index (Phi) is 2.08. The van der Waals surface area contributed by atoms with Crippen LogP contribution in [0.3, 0.4) is 0 Å². The minimum atomic E-state index is 0.697. The van der Waals surface area contributed by atoms with Gasteiger partial charge in [-0.05, 0) is 12.1 Å². The van der Waals surface area contributed by atoms with Crippen molar-refractivity contribution >= 4 is 17.2 Å². The molecule has 3 rings (SSSR count). The van der Waals surface area contributed by atoms with Gasteiger partial charge in [-0.3, -0.25) is 9.38 Å². The molecule has 0 bridgehead atoms. The molecule has 0 aliphatic carbocycles.